The fraction of sp³-hybridized carbons (Fsp3) is 0.190. The van der Waals surface area contributed by atoms with Crippen molar-refractivity contribution in [1.82, 2.24) is 0 Å². The average molecular weight is 341 g/mol. The van der Waals surface area contributed by atoms with E-state index in [4.69, 9.17) is 0 Å². The van der Waals surface area contributed by atoms with E-state index in [2.05, 4.69) is 24.2 Å². The van der Waals surface area contributed by atoms with Gasteiger partial charge in [-0.15, -0.1) is 0 Å². The molecule has 0 saturated carbocycles. The molecule has 0 saturated heterocycles. The molecule has 0 fully saturated rings. The molecular formula is C21H18F3N. The van der Waals surface area contributed by atoms with Crippen molar-refractivity contribution in [2.75, 3.05) is 0 Å². The molecule has 0 aromatic heterocycles. The number of rotatable bonds is 5. The first-order valence-electron chi connectivity index (χ1n) is 8.03. The van der Waals surface area contributed by atoms with Crippen LogP contribution in [-0.2, 0) is 12.6 Å². The molecule has 1 heterocycles. The van der Waals surface area contributed by atoms with Gasteiger partial charge in [-0.1, -0.05) is 37.4 Å². The summed E-state index contributed by atoms with van der Waals surface area (Å²) in [5.41, 5.74) is 5.09. The molecule has 1 nitrogen and oxygen atoms in total. The Morgan fingerprint density at radius 1 is 0.920 bits per heavy atom. The molecule has 0 atom stereocenters. The minimum absolute atomic E-state index is 0.643. The van der Waals surface area contributed by atoms with E-state index in [1.54, 1.807) is 0 Å². The summed E-state index contributed by atoms with van der Waals surface area (Å²) in [4.78, 5) is 4.34. The maximum absolute atomic E-state index is 12.6. The highest BCUT2D eigenvalue weighted by Crippen LogP contribution is 2.32. The molecule has 0 spiro atoms. The zero-order valence-electron chi connectivity index (χ0n) is 13.7. The summed E-state index contributed by atoms with van der Waals surface area (Å²) in [6, 6.07) is 11.3. The first-order chi connectivity index (χ1) is 11.8. The minimum Gasteiger partial charge on any atom is -0.261 e. The minimum atomic E-state index is -4.32. The molecule has 0 aliphatic carbocycles. The number of allylic oxidation sites excluding steroid dienone is 2. The van der Waals surface area contributed by atoms with Gasteiger partial charge in [0, 0.05) is 12.6 Å². The largest absolute Gasteiger partial charge is 0.416 e. The highest BCUT2D eigenvalue weighted by Gasteiger charge is 2.29. The van der Waals surface area contributed by atoms with Crippen LogP contribution in [0.1, 0.15) is 35.1 Å². The number of alkyl halides is 3. The van der Waals surface area contributed by atoms with Gasteiger partial charge in [-0.2, -0.15) is 13.2 Å². The topological polar surface area (TPSA) is 12.4 Å². The van der Waals surface area contributed by atoms with E-state index >= 15 is 0 Å². The Hall–Kier alpha value is -2.62. The van der Waals surface area contributed by atoms with Crippen LogP contribution in [0.5, 0.6) is 0 Å². The molecule has 0 radical (unpaired) electrons. The van der Waals surface area contributed by atoms with Crippen LogP contribution in [0, 0.1) is 0 Å². The Morgan fingerprint density at radius 2 is 1.52 bits per heavy atom. The van der Waals surface area contributed by atoms with Crippen molar-refractivity contribution in [1.29, 1.82) is 0 Å². The summed E-state index contributed by atoms with van der Waals surface area (Å²) in [6.45, 7) is 8.12. The number of nitrogens with zero attached hydrogens (tertiary/aromatic N) is 1. The van der Waals surface area contributed by atoms with Crippen LogP contribution in [0.3, 0.4) is 0 Å². The van der Waals surface area contributed by atoms with Gasteiger partial charge in [0.25, 0.3) is 0 Å². The van der Waals surface area contributed by atoms with Gasteiger partial charge in [-0.3, -0.25) is 4.99 Å². The lowest BCUT2D eigenvalue weighted by Gasteiger charge is -2.11. The molecule has 2 aromatic rings. The van der Waals surface area contributed by atoms with E-state index in [1.165, 1.54) is 17.7 Å². The number of aliphatic imine (C=N–C) groups is 1. The Labute approximate surface area is 145 Å². The second-order valence-electron chi connectivity index (χ2n) is 6.14. The average Bonchev–Trinajstić information content (AvgIpc) is 3.06. The summed E-state index contributed by atoms with van der Waals surface area (Å²) in [6.07, 6.45) is -0.215. The molecule has 0 unspecified atom stereocenters. The van der Waals surface area contributed by atoms with Gasteiger partial charge in [-0.05, 0) is 58.9 Å². The van der Waals surface area contributed by atoms with Crippen molar-refractivity contribution in [3.8, 4) is 0 Å². The van der Waals surface area contributed by atoms with Crippen molar-refractivity contribution in [2.45, 2.75) is 25.4 Å². The summed E-state index contributed by atoms with van der Waals surface area (Å²) < 4.78 is 37.8. The normalized spacial score (nSPS) is 12.9. The third-order valence-electron chi connectivity index (χ3n) is 4.38. The Kier molecular flexibility index (Phi) is 4.62. The fourth-order valence-corrected chi connectivity index (χ4v) is 2.80. The SMILES string of the molecule is C=C(CCC(=C)c1ccc2c(c1)N=CC2)c1ccc(C(F)(F)F)cc1. The summed E-state index contributed by atoms with van der Waals surface area (Å²) >= 11 is 0. The maximum atomic E-state index is 12.6. The van der Waals surface area contributed by atoms with Crippen LogP contribution in [0.4, 0.5) is 18.9 Å². The number of hydrogen-bond donors (Lipinski definition) is 0. The lowest BCUT2D eigenvalue weighted by molar-refractivity contribution is -0.137. The monoisotopic (exact) mass is 341 g/mol. The highest BCUT2D eigenvalue weighted by molar-refractivity contribution is 5.79. The molecule has 1 aliphatic heterocycles. The lowest BCUT2D eigenvalue weighted by Crippen LogP contribution is -2.04. The summed E-state index contributed by atoms with van der Waals surface area (Å²) in [7, 11) is 0. The van der Waals surface area contributed by atoms with Crippen LogP contribution >= 0.6 is 0 Å². The van der Waals surface area contributed by atoms with Crippen molar-refractivity contribution < 1.29 is 13.2 Å². The number of hydrogen-bond acceptors (Lipinski definition) is 1. The maximum Gasteiger partial charge on any atom is 0.416 e. The molecule has 2 aromatic carbocycles. The van der Waals surface area contributed by atoms with Gasteiger partial charge < -0.3 is 0 Å². The van der Waals surface area contributed by atoms with E-state index in [-0.39, 0.29) is 0 Å². The van der Waals surface area contributed by atoms with Crippen molar-refractivity contribution in [3.05, 3.63) is 77.9 Å². The molecule has 128 valence electrons. The second kappa shape index (κ2) is 6.71. The van der Waals surface area contributed by atoms with Crippen LogP contribution < -0.4 is 0 Å². The van der Waals surface area contributed by atoms with Gasteiger partial charge >= 0.3 is 6.18 Å². The molecule has 0 amide bonds. The third kappa shape index (κ3) is 3.90. The molecule has 25 heavy (non-hydrogen) atoms. The Morgan fingerprint density at radius 3 is 2.16 bits per heavy atom. The smallest absolute Gasteiger partial charge is 0.261 e. The van der Waals surface area contributed by atoms with Crippen molar-refractivity contribution in [3.63, 3.8) is 0 Å². The molecule has 0 N–H and O–H groups in total. The molecule has 3 rings (SSSR count). The first kappa shape index (κ1) is 17.2. The predicted octanol–water partition coefficient (Wildman–Crippen LogP) is 6.47. The summed E-state index contributed by atoms with van der Waals surface area (Å²) in [5.74, 6) is 0. The quantitative estimate of drug-likeness (QED) is 0.591. The number of benzene rings is 2. The number of halogens is 3. The molecular weight excluding hydrogens is 323 g/mol. The van der Waals surface area contributed by atoms with Gasteiger partial charge in [0.15, 0.2) is 0 Å². The van der Waals surface area contributed by atoms with Crippen LogP contribution in [0.15, 0.2) is 60.6 Å². The zero-order chi connectivity index (χ0) is 18.0. The van der Waals surface area contributed by atoms with E-state index in [0.717, 1.165) is 46.5 Å². The molecule has 0 bridgehead atoms. The van der Waals surface area contributed by atoms with Crippen molar-refractivity contribution >= 4 is 23.0 Å². The zero-order valence-corrected chi connectivity index (χ0v) is 13.7. The first-order valence-corrected chi connectivity index (χ1v) is 8.03. The van der Waals surface area contributed by atoms with E-state index < -0.39 is 11.7 Å². The van der Waals surface area contributed by atoms with E-state index in [0.29, 0.717) is 12.8 Å². The lowest BCUT2D eigenvalue weighted by atomic mass is 9.95. The van der Waals surface area contributed by atoms with Gasteiger partial charge in [0.05, 0.1) is 11.3 Å². The standard InChI is InChI=1S/C21H18F3N/c1-14(16-7-9-19(10-8-16)21(22,23)24)3-4-15(2)18-6-5-17-11-12-25-20(17)13-18/h5-10,12-13H,1-4,11H2. The van der Waals surface area contributed by atoms with Gasteiger partial charge in [0.1, 0.15) is 0 Å². The van der Waals surface area contributed by atoms with Crippen LogP contribution in [-0.4, -0.2) is 6.21 Å². The van der Waals surface area contributed by atoms with Crippen LogP contribution in [0.25, 0.3) is 11.1 Å². The van der Waals surface area contributed by atoms with Gasteiger partial charge in [-0.25, -0.2) is 0 Å². The summed E-state index contributed by atoms with van der Waals surface area (Å²) in [5, 5.41) is 0. The Balaban J connectivity index is 1.62. The van der Waals surface area contributed by atoms with Gasteiger partial charge in [0.2, 0.25) is 0 Å². The number of fused-ring (bicyclic) bond motifs is 1. The molecule has 4 heteroatoms. The predicted molar refractivity (Wildman–Crippen MR) is 97.0 cm³/mol. The third-order valence-corrected chi connectivity index (χ3v) is 4.38. The molecule has 1 aliphatic rings. The highest BCUT2D eigenvalue weighted by atomic mass is 19.4. The van der Waals surface area contributed by atoms with E-state index in [9.17, 15) is 13.2 Å². The van der Waals surface area contributed by atoms with E-state index in [1.807, 2.05) is 18.3 Å². The Bertz CT molecular complexity index is 842. The second-order valence-corrected chi connectivity index (χ2v) is 6.14. The fourth-order valence-electron chi connectivity index (χ4n) is 2.80. The van der Waals surface area contributed by atoms with Crippen molar-refractivity contribution in [2.24, 2.45) is 4.99 Å². The van der Waals surface area contributed by atoms with Crippen LogP contribution in [0.2, 0.25) is 0 Å².